The highest BCUT2D eigenvalue weighted by Gasteiger charge is 2.16. The zero-order valence-electron chi connectivity index (χ0n) is 12.6. The third-order valence-electron chi connectivity index (χ3n) is 1.94. The Morgan fingerprint density at radius 3 is 2.05 bits per heavy atom. The number of benzene rings is 1. The van der Waals surface area contributed by atoms with Crippen molar-refractivity contribution in [2.24, 2.45) is 0 Å². The van der Waals surface area contributed by atoms with Crippen LogP contribution in [0.3, 0.4) is 0 Å². The number of ether oxygens (including phenoxy) is 1. The van der Waals surface area contributed by atoms with Crippen LogP contribution in [0.5, 0.6) is 5.75 Å². The minimum atomic E-state index is -0.843. The molecule has 0 aliphatic heterocycles. The Labute approximate surface area is 114 Å². The minimum Gasteiger partial charge on any atom is -0.491 e. The Morgan fingerprint density at radius 1 is 1.21 bits per heavy atom. The predicted molar refractivity (Wildman–Crippen MR) is 74.6 cm³/mol. The van der Waals surface area contributed by atoms with E-state index in [0.29, 0.717) is 0 Å². The molecule has 0 saturated heterocycles. The topological polar surface area (TPSA) is 38.3 Å². The van der Waals surface area contributed by atoms with Crippen molar-refractivity contribution >= 4 is 11.6 Å². The number of rotatable bonds is 2. The average molecular weight is 275 g/mol. The summed E-state index contributed by atoms with van der Waals surface area (Å²) >= 11 is 0. The van der Waals surface area contributed by atoms with Crippen LogP contribution in [-0.4, -0.2) is 13.0 Å². The van der Waals surface area contributed by atoms with E-state index >= 15 is 0 Å². The van der Waals surface area contributed by atoms with Crippen LogP contribution in [0.4, 0.5) is 14.5 Å². The summed E-state index contributed by atoms with van der Waals surface area (Å²) in [5.41, 5.74) is 0.252. The van der Waals surface area contributed by atoms with Crippen molar-refractivity contribution in [3.63, 3.8) is 0 Å². The van der Waals surface area contributed by atoms with E-state index in [2.05, 4.69) is 10.1 Å². The lowest BCUT2D eigenvalue weighted by molar-refractivity contribution is -0.114. The third-order valence-corrected chi connectivity index (χ3v) is 1.94. The van der Waals surface area contributed by atoms with Crippen LogP contribution in [0.25, 0.3) is 0 Å². The molecule has 1 rings (SSSR count). The molecular formula is C14H23F2NO2. The molecule has 3 nitrogen and oxygen atoms in total. The molecule has 110 valence electrons. The van der Waals surface area contributed by atoms with Crippen LogP contribution in [0.1, 0.15) is 40.2 Å². The largest absolute Gasteiger partial charge is 0.491 e. The number of amides is 1. The third kappa shape index (κ3) is 5.68. The Balaban J connectivity index is 0. The van der Waals surface area contributed by atoms with Gasteiger partial charge in [0.05, 0.1) is 7.11 Å². The summed E-state index contributed by atoms with van der Waals surface area (Å²) in [6, 6.07) is 1.03. The van der Waals surface area contributed by atoms with Crippen molar-refractivity contribution < 1.29 is 18.3 Å². The van der Waals surface area contributed by atoms with Crippen LogP contribution in [-0.2, 0) is 4.79 Å². The maximum Gasteiger partial charge on any atom is 0.221 e. The fourth-order valence-electron chi connectivity index (χ4n) is 1.20. The number of hydrogen-bond donors (Lipinski definition) is 1. The van der Waals surface area contributed by atoms with Crippen molar-refractivity contribution in [1.82, 2.24) is 0 Å². The molecule has 0 bridgehead atoms. The van der Waals surface area contributed by atoms with Gasteiger partial charge in [0.25, 0.3) is 0 Å². The fraction of sp³-hybridized carbons (Fsp3) is 0.500. The second kappa shape index (κ2) is 10.3. The molecule has 0 aliphatic carbocycles. The van der Waals surface area contributed by atoms with Crippen molar-refractivity contribution in [2.45, 2.75) is 41.5 Å². The number of carbonyl (C=O) groups is 1. The van der Waals surface area contributed by atoms with Gasteiger partial charge in [0.1, 0.15) is 0 Å². The molecule has 1 N–H and O–H groups in total. The molecule has 0 saturated carbocycles. The van der Waals surface area contributed by atoms with Crippen LogP contribution in [0.15, 0.2) is 6.07 Å². The summed E-state index contributed by atoms with van der Waals surface area (Å²) in [5.74, 6) is -2.48. The number of hydrogen-bond acceptors (Lipinski definition) is 2. The van der Waals surface area contributed by atoms with Crippen LogP contribution < -0.4 is 10.1 Å². The lowest BCUT2D eigenvalue weighted by Crippen LogP contribution is -2.09. The van der Waals surface area contributed by atoms with Gasteiger partial charge in [0.15, 0.2) is 17.4 Å². The van der Waals surface area contributed by atoms with Gasteiger partial charge in [-0.3, -0.25) is 4.79 Å². The van der Waals surface area contributed by atoms with E-state index in [-0.39, 0.29) is 17.2 Å². The van der Waals surface area contributed by atoms with Crippen molar-refractivity contribution in [1.29, 1.82) is 0 Å². The summed E-state index contributed by atoms with van der Waals surface area (Å²) in [5, 5.41) is 2.33. The van der Waals surface area contributed by atoms with Gasteiger partial charge in [0.2, 0.25) is 5.91 Å². The molecule has 1 aromatic carbocycles. The second-order valence-corrected chi connectivity index (χ2v) is 3.06. The van der Waals surface area contributed by atoms with Crippen molar-refractivity contribution in [3.8, 4) is 5.75 Å². The molecule has 0 unspecified atom stereocenters. The summed E-state index contributed by atoms with van der Waals surface area (Å²) < 4.78 is 31.2. The molecule has 0 aliphatic rings. The molecule has 1 amide bonds. The van der Waals surface area contributed by atoms with Gasteiger partial charge in [-0.25, -0.2) is 8.78 Å². The Morgan fingerprint density at radius 2 is 1.68 bits per heavy atom. The molecular weight excluding hydrogens is 252 g/mol. The van der Waals surface area contributed by atoms with Gasteiger partial charge < -0.3 is 10.1 Å². The fourth-order valence-corrected chi connectivity index (χ4v) is 1.20. The molecule has 1 aromatic rings. The first-order chi connectivity index (χ1) is 8.97. The average Bonchev–Trinajstić information content (AvgIpc) is 2.40. The van der Waals surface area contributed by atoms with Gasteiger partial charge in [-0.05, 0) is 6.92 Å². The standard InChI is InChI=1S/C10H11F2NO2.2C2H6/c1-5-8(13-6(2)14)4-7(11)10(15-3)9(5)12;2*1-2/h4H,1-3H3,(H,13,14);2*1-2H3. The lowest BCUT2D eigenvalue weighted by atomic mass is 10.1. The molecule has 0 heterocycles. The first kappa shape index (κ1) is 19.7. The summed E-state index contributed by atoms with van der Waals surface area (Å²) in [4.78, 5) is 10.8. The molecule has 0 spiro atoms. The molecule has 19 heavy (non-hydrogen) atoms. The number of nitrogens with one attached hydrogen (secondary N) is 1. The van der Waals surface area contributed by atoms with Gasteiger partial charge in [-0.1, -0.05) is 27.7 Å². The highest BCUT2D eigenvalue weighted by molar-refractivity contribution is 5.89. The highest BCUT2D eigenvalue weighted by Crippen LogP contribution is 2.29. The monoisotopic (exact) mass is 275 g/mol. The minimum absolute atomic E-state index is 0.110. The summed E-state index contributed by atoms with van der Waals surface area (Å²) in [7, 11) is 1.18. The highest BCUT2D eigenvalue weighted by atomic mass is 19.1. The molecule has 0 radical (unpaired) electrons. The van der Waals surface area contributed by atoms with E-state index in [1.165, 1.54) is 21.0 Å². The summed E-state index contributed by atoms with van der Waals surface area (Å²) in [6.07, 6.45) is 0. The van der Waals surface area contributed by atoms with E-state index in [9.17, 15) is 13.6 Å². The zero-order valence-corrected chi connectivity index (χ0v) is 12.6. The van der Waals surface area contributed by atoms with E-state index < -0.39 is 17.4 Å². The van der Waals surface area contributed by atoms with Crippen molar-refractivity contribution in [2.75, 3.05) is 12.4 Å². The lowest BCUT2D eigenvalue weighted by Gasteiger charge is -2.11. The first-order valence-electron chi connectivity index (χ1n) is 6.27. The maximum absolute atomic E-state index is 13.5. The van der Waals surface area contributed by atoms with Crippen LogP contribution in [0.2, 0.25) is 0 Å². The number of halogens is 2. The molecule has 5 heteroatoms. The molecule has 0 fully saturated rings. The maximum atomic E-state index is 13.5. The van der Waals surface area contributed by atoms with Crippen LogP contribution >= 0.6 is 0 Å². The van der Waals surface area contributed by atoms with E-state index in [4.69, 9.17) is 0 Å². The van der Waals surface area contributed by atoms with Gasteiger partial charge in [-0.15, -0.1) is 0 Å². The normalized spacial score (nSPS) is 8.47. The van der Waals surface area contributed by atoms with Gasteiger partial charge in [0, 0.05) is 24.2 Å². The van der Waals surface area contributed by atoms with Gasteiger partial charge in [-0.2, -0.15) is 0 Å². The number of anilines is 1. The Bertz CT molecular complexity index is 407. The number of methoxy groups -OCH3 is 1. The Hall–Kier alpha value is -1.65. The molecule has 0 atom stereocenters. The number of carbonyl (C=O) groups excluding carboxylic acids is 1. The molecule has 0 aromatic heterocycles. The zero-order chi connectivity index (χ0) is 15.6. The van der Waals surface area contributed by atoms with E-state index in [0.717, 1.165) is 6.07 Å². The predicted octanol–water partition coefficient (Wildman–Crippen LogP) is 4.29. The second-order valence-electron chi connectivity index (χ2n) is 3.06. The quantitative estimate of drug-likeness (QED) is 0.874. The smallest absolute Gasteiger partial charge is 0.221 e. The van der Waals surface area contributed by atoms with Gasteiger partial charge >= 0.3 is 0 Å². The van der Waals surface area contributed by atoms with E-state index in [1.807, 2.05) is 27.7 Å². The Kier molecular flexibility index (Phi) is 10.7. The SMILES string of the molecule is CC.CC.COc1c(F)cc(NC(C)=O)c(C)c1F. The van der Waals surface area contributed by atoms with E-state index in [1.54, 1.807) is 0 Å². The first-order valence-corrected chi connectivity index (χ1v) is 6.27. The van der Waals surface area contributed by atoms with Crippen LogP contribution in [0, 0.1) is 18.6 Å². The van der Waals surface area contributed by atoms with Crippen molar-refractivity contribution in [3.05, 3.63) is 23.3 Å². The summed E-state index contributed by atoms with van der Waals surface area (Å²) in [6.45, 7) is 10.7.